The average Bonchev–Trinajstić information content (AvgIpc) is 2.90. The molecular weight excluding hydrogens is 295 g/mol. The van der Waals surface area contributed by atoms with Crippen molar-refractivity contribution in [1.29, 1.82) is 0 Å². The number of thiophene rings is 1. The summed E-state index contributed by atoms with van der Waals surface area (Å²) in [6.45, 7) is 0.852. The number of nitrogens with zero attached hydrogens (tertiary/aromatic N) is 1. The van der Waals surface area contributed by atoms with Crippen molar-refractivity contribution in [1.82, 2.24) is 10.3 Å². The molecule has 2 aromatic heterocycles. The molecule has 0 saturated heterocycles. The molecule has 0 spiro atoms. The third-order valence-corrected chi connectivity index (χ3v) is 4.94. The van der Waals surface area contributed by atoms with Gasteiger partial charge in [0.2, 0.25) is 0 Å². The van der Waals surface area contributed by atoms with Gasteiger partial charge in [-0.3, -0.25) is 0 Å². The smallest absolute Gasteiger partial charge is 0.107 e. The SMILES string of the molecule is Clc1cc(-c2csc(CNC3CC3)n2)c(Cl)s1. The molecular formula is C11H10Cl2N2S2. The van der Waals surface area contributed by atoms with Crippen LogP contribution >= 0.6 is 45.9 Å². The molecule has 6 heteroatoms. The maximum Gasteiger partial charge on any atom is 0.107 e. The summed E-state index contributed by atoms with van der Waals surface area (Å²) < 4.78 is 1.41. The Hall–Kier alpha value is -0.130. The Balaban J connectivity index is 1.76. The summed E-state index contributed by atoms with van der Waals surface area (Å²) >= 11 is 15.1. The van der Waals surface area contributed by atoms with Crippen LogP contribution in [0.15, 0.2) is 11.4 Å². The topological polar surface area (TPSA) is 24.9 Å². The van der Waals surface area contributed by atoms with Gasteiger partial charge in [0.15, 0.2) is 0 Å². The first-order chi connectivity index (χ1) is 8.22. The van der Waals surface area contributed by atoms with Crippen LogP contribution in [0.4, 0.5) is 0 Å². The zero-order valence-electron chi connectivity index (χ0n) is 8.87. The fourth-order valence-corrected chi connectivity index (χ4v) is 3.78. The maximum atomic E-state index is 6.11. The number of rotatable bonds is 4. The summed E-state index contributed by atoms with van der Waals surface area (Å²) in [6.07, 6.45) is 2.59. The molecule has 2 nitrogen and oxygen atoms in total. The van der Waals surface area contributed by atoms with Gasteiger partial charge in [-0.15, -0.1) is 22.7 Å². The highest BCUT2D eigenvalue weighted by atomic mass is 35.5. The van der Waals surface area contributed by atoms with Crippen LogP contribution in [0.25, 0.3) is 11.3 Å². The van der Waals surface area contributed by atoms with Crippen LogP contribution in [-0.2, 0) is 6.54 Å². The highest BCUT2D eigenvalue weighted by Gasteiger charge is 2.20. The van der Waals surface area contributed by atoms with Crippen molar-refractivity contribution in [2.45, 2.75) is 25.4 Å². The molecule has 0 unspecified atom stereocenters. The monoisotopic (exact) mass is 304 g/mol. The van der Waals surface area contributed by atoms with Gasteiger partial charge in [-0.05, 0) is 18.9 Å². The number of nitrogens with one attached hydrogen (secondary N) is 1. The van der Waals surface area contributed by atoms with Crippen molar-refractivity contribution in [3.63, 3.8) is 0 Å². The van der Waals surface area contributed by atoms with E-state index < -0.39 is 0 Å². The first-order valence-electron chi connectivity index (χ1n) is 5.35. The summed E-state index contributed by atoms with van der Waals surface area (Å²) in [5, 5.41) is 6.59. The van der Waals surface area contributed by atoms with E-state index in [0.29, 0.717) is 14.7 Å². The molecule has 0 radical (unpaired) electrons. The number of aromatic nitrogens is 1. The lowest BCUT2D eigenvalue weighted by Crippen LogP contribution is -2.14. The minimum Gasteiger partial charge on any atom is -0.308 e. The second-order valence-electron chi connectivity index (χ2n) is 4.02. The molecule has 90 valence electrons. The van der Waals surface area contributed by atoms with Crippen LogP contribution < -0.4 is 5.32 Å². The molecule has 17 heavy (non-hydrogen) atoms. The molecule has 1 saturated carbocycles. The fourth-order valence-electron chi connectivity index (χ4n) is 1.55. The number of hydrogen-bond acceptors (Lipinski definition) is 4. The van der Waals surface area contributed by atoms with E-state index in [9.17, 15) is 0 Å². The largest absolute Gasteiger partial charge is 0.308 e. The van der Waals surface area contributed by atoms with E-state index in [1.165, 1.54) is 24.2 Å². The molecule has 1 aliphatic rings. The zero-order chi connectivity index (χ0) is 11.8. The Morgan fingerprint density at radius 2 is 2.24 bits per heavy atom. The van der Waals surface area contributed by atoms with E-state index in [2.05, 4.69) is 10.3 Å². The van der Waals surface area contributed by atoms with Crippen LogP contribution in [0.3, 0.4) is 0 Å². The lowest BCUT2D eigenvalue weighted by Gasteiger charge is -1.97. The predicted octanol–water partition coefficient (Wildman–Crippen LogP) is 4.43. The standard InChI is InChI=1S/C11H10Cl2N2S2/c12-9-3-7(11(13)17-9)8-5-16-10(15-8)4-14-6-1-2-6/h3,5-6,14H,1-2,4H2. The maximum absolute atomic E-state index is 6.11. The van der Waals surface area contributed by atoms with Gasteiger partial charge < -0.3 is 5.32 Å². The summed E-state index contributed by atoms with van der Waals surface area (Å²) in [5.74, 6) is 0. The minimum absolute atomic E-state index is 0.704. The molecule has 0 amide bonds. The van der Waals surface area contributed by atoms with Gasteiger partial charge in [-0.2, -0.15) is 0 Å². The van der Waals surface area contributed by atoms with E-state index >= 15 is 0 Å². The van der Waals surface area contributed by atoms with Crippen molar-refractivity contribution < 1.29 is 0 Å². The quantitative estimate of drug-likeness (QED) is 0.904. The lowest BCUT2D eigenvalue weighted by molar-refractivity contribution is 0.685. The first kappa shape index (κ1) is 11.9. The number of hydrogen-bond donors (Lipinski definition) is 1. The van der Waals surface area contributed by atoms with E-state index in [1.807, 2.05) is 11.4 Å². The summed E-state index contributed by atoms with van der Waals surface area (Å²) in [5.41, 5.74) is 1.87. The Bertz CT molecular complexity index is 531. The van der Waals surface area contributed by atoms with Crippen LogP contribution in [0.1, 0.15) is 17.8 Å². The van der Waals surface area contributed by atoms with Gasteiger partial charge in [0.25, 0.3) is 0 Å². The lowest BCUT2D eigenvalue weighted by atomic mass is 10.3. The van der Waals surface area contributed by atoms with Crippen LogP contribution in [-0.4, -0.2) is 11.0 Å². The second kappa shape index (κ2) is 4.86. The molecule has 0 aromatic carbocycles. The van der Waals surface area contributed by atoms with Crippen LogP contribution in [0, 0.1) is 0 Å². The van der Waals surface area contributed by atoms with Gasteiger partial charge in [-0.25, -0.2) is 4.98 Å². The van der Waals surface area contributed by atoms with Gasteiger partial charge in [0, 0.05) is 23.5 Å². The highest BCUT2D eigenvalue weighted by Crippen LogP contribution is 2.38. The van der Waals surface area contributed by atoms with Gasteiger partial charge in [-0.1, -0.05) is 23.2 Å². The van der Waals surface area contributed by atoms with Crippen molar-refractivity contribution >= 4 is 45.9 Å². The van der Waals surface area contributed by atoms with E-state index in [4.69, 9.17) is 23.2 Å². The highest BCUT2D eigenvalue weighted by molar-refractivity contribution is 7.20. The summed E-state index contributed by atoms with van der Waals surface area (Å²) in [7, 11) is 0. The van der Waals surface area contributed by atoms with Crippen molar-refractivity contribution in [3.05, 3.63) is 25.1 Å². The van der Waals surface area contributed by atoms with E-state index in [1.54, 1.807) is 11.3 Å². The predicted molar refractivity (Wildman–Crippen MR) is 75.3 cm³/mol. The normalized spacial score (nSPS) is 15.4. The Labute approximate surface area is 118 Å². The molecule has 3 rings (SSSR count). The van der Waals surface area contributed by atoms with Gasteiger partial charge in [0.1, 0.15) is 9.34 Å². The number of thiazole rings is 1. The Kier molecular flexibility index (Phi) is 3.41. The molecule has 1 aliphatic carbocycles. The van der Waals surface area contributed by atoms with Crippen molar-refractivity contribution in [3.8, 4) is 11.3 Å². The third-order valence-electron chi connectivity index (χ3n) is 2.60. The zero-order valence-corrected chi connectivity index (χ0v) is 12.0. The van der Waals surface area contributed by atoms with Crippen molar-refractivity contribution in [2.75, 3.05) is 0 Å². The third kappa shape index (κ3) is 2.83. The van der Waals surface area contributed by atoms with E-state index in [-0.39, 0.29) is 0 Å². The number of halogens is 2. The molecule has 2 aromatic rings. The summed E-state index contributed by atoms with van der Waals surface area (Å²) in [6, 6.07) is 2.59. The summed E-state index contributed by atoms with van der Waals surface area (Å²) in [4.78, 5) is 4.57. The first-order valence-corrected chi connectivity index (χ1v) is 7.80. The average molecular weight is 305 g/mol. The fraction of sp³-hybridized carbons (Fsp3) is 0.364. The van der Waals surface area contributed by atoms with Crippen LogP contribution in [0.5, 0.6) is 0 Å². The Morgan fingerprint density at radius 1 is 1.41 bits per heavy atom. The molecule has 1 N–H and O–H groups in total. The molecule has 0 atom stereocenters. The van der Waals surface area contributed by atoms with Crippen molar-refractivity contribution in [2.24, 2.45) is 0 Å². The molecule has 0 aliphatic heterocycles. The Morgan fingerprint density at radius 3 is 2.88 bits per heavy atom. The minimum atomic E-state index is 0.704. The second-order valence-corrected chi connectivity index (χ2v) is 7.25. The van der Waals surface area contributed by atoms with Gasteiger partial charge in [0.05, 0.1) is 10.0 Å². The van der Waals surface area contributed by atoms with E-state index in [0.717, 1.165) is 22.8 Å². The molecule has 2 heterocycles. The van der Waals surface area contributed by atoms with Gasteiger partial charge >= 0.3 is 0 Å². The molecule has 1 fully saturated rings. The molecule has 0 bridgehead atoms. The van der Waals surface area contributed by atoms with Crippen LogP contribution in [0.2, 0.25) is 8.67 Å².